The van der Waals surface area contributed by atoms with Gasteiger partial charge in [-0.05, 0) is 25.0 Å². The molecule has 0 saturated heterocycles. The van der Waals surface area contributed by atoms with Crippen LogP contribution in [0.2, 0.25) is 0 Å². The van der Waals surface area contributed by atoms with Gasteiger partial charge in [0.1, 0.15) is 5.82 Å². The van der Waals surface area contributed by atoms with Gasteiger partial charge in [0.2, 0.25) is 0 Å². The summed E-state index contributed by atoms with van der Waals surface area (Å²) in [6, 6.07) is 0. The minimum atomic E-state index is 0.972. The van der Waals surface area contributed by atoms with Crippen LogP contribution in [0.15, 0.2) is 40.8 Å². The van der Waals surface area contributed by atoms with E-state index in [1.54, 1.807) is 0 Å². The molecular formula is C11H16N2. The van der Waals surface area contributed by atoms with Crippen molar-refractivity contribution < 1.29 is 0 Å². The Hall–Kier alpha value is -1.31. The summed E-state index contributed by atoms with van der Waals surface area (Å²) in [7, 11) is 2.00. The fourth-order valence-corrected chi connectivity index (χ4v) is 1.38. The Balaban J connectivity index is 3.07. The molecule has 0 amide bonds. The van der Waals surface area contributed by atoms with Gasteiger partial charge in [-0.2, -0.15) is 0 Å². The molecule has 0 aliphatic carbocycles. The fourth-order valence-electron chi connectivity index (χ4n) is 1.38. The van der Waals surface area contributed by atoms with E-state index in [0.717, 1.165) is 17.8 Å². The van der Waals surface area contributed by atoms with Crippen molar-refractivity contribution in [3.8, 4) is 0 Å². The van der Waals surface area contributed by atoms with Gasteiger partial charge in [0.05, 0.1) is 0 Å². The first-order valence-electron chi connectivity index (χ1n) is 4.49. The number of aliphatic imine (C=N–C) groups is 1. The van der Waals surface area contributed by atoms with Crippen molar-refractivity contribution in [2.24, 2.45) is 4.99 Å². The Morgan fingerprint density at radius 1 is 1.62 bits per heavy atom. The molecule has 0 unspecified atom stereocenters. The average Bonchev–Trinajstić information content (AvgIpc) is 2.09. The van der Waals surface area contributed by atoms with Crippen LogP contribution >= 0.6 is 0 Å². The van der Waals surface area contributed by atoms with Crippen molar-refractivity contribution in [3.63, 3.8) is 0 Å². The molecule has 1 aliphatic heterocycles. The van der Waals surface area contributed by atoms with Crippen LogP contribution < -0.4 is 0 Å². The highest BCUT2D eigenvalue weighted by Crippen LogP contribution is 2.21. The van der Waals surface area contributed by atoms with E-state index in [-0.39, 0.29) is 0 Å². The lowest BCUT2D eigenvalue weighted by Crippen LogP contribution is -2.14. The second-order valence-corrected chi connectivity index (χ2v) is 3.17. The zero-order valence-corrected chi connectivity index (χ0v) is 8.54. The van der Waals surface area contributed by atoms with E-state index in [1.165, 1.54) is 5.57 Å². The number of nitrogens with zero attached hydrogens (tertiary/aromatic N) is 2. The lowest BCUT2D eigenvalue weighted by Gasteiger charge is -2.20. The molecule has 0 atom stereocenters. The number of hydrogen-bond acceptors (Lipinski definition) is 2. The third kappa shape index (κ3) is 2.08. The summed E-state index contributed by atoms with van der Waals surface area (Å²) in [6.45, 7) is 8.10. The average molecular weight is 176 g/mol. The lowest BCUT2D eigenvalue weighted by molar-refractivity contribution is 0.548. The molecule has 0 fully saturated rings. The molecule has 0 radical (unpaired) electrons. The van der Waals surface area contributed by atoms with E-state index < -0.39 is 0 Å². The molecule has 70 valence electrons. The van der Waals surface area contributed by atoms with E-state index >= 15 is 0 Å². The first-order valence-corrected chi connectivity index (χ1v) is 4.49. The van der Waals surface area contributed by atoms with Crippen LogP contribution in [0, 0.1) is 0 Å². The Morgan fingerprint density at radius 2 is 2.31 bits per heavy atom. The molecule has 2 nitrogen and oxygen atoms in total. The van der Waals surface area contributed by atoms with Crippen molar-refractivity contribution in [1.82, 2.24) is 4.90 Å². The highest BCUT2D eigenvalue weighted by atomic mass is 15.2. The summed E-state index contributed by atoms with van der Waals surface area (Å²) < 4.78 is 0. The van der Waals surface area contributed by atoms with Crippen molar-refractivity contribution in [2.75, 3.05) is 7.05 Å². The van der Waals surface area contributed by atoms with E-state index in [1.807, 2.05) is 37.4 Å². The third-order valence-electron chi connectivity index (χ3n) is 2.07. The Kier molecular flexibility index (Phi) is 3.07. The first-order chi connectivity index (χ1) is 6.16. The molecule has 0 aromatic carbocycles. The summed E-state index contributed by atoms with van der Waals surface area (Å²) in [4.78, 5) is 6.36. The highest BCUT2D eigenvalue weighted by molar-refractivity contribution is 5.73. The molecule has 1 rings (SSSR count). The zero-order chi connectivity index (χ0) is 9.84. The minimum Gasteiger partial charge on any atom is -0.336 e. The molecule has 13 heavy (non-hydrogen) atoms. The van der Waals surface area contributed by atoms with Gasteiger partial charge in [-0.25, -0.2) is 4.99 Å². The van der Waals surface area contributed by atoms with Gasteiger partial charge in [-0.15, -0.1) is 0 Å². The van der Waals surface area contributed by atoms with Crippen LogP contribution in [0.1, 0.15) is 20.3 Å². The predicted molar refractivity (Wildman–Crippen MR) is 57.5 cm³/mol. The van der Waals surface area contributed by atoms with E-state index in [9.17, 15) is 0 Å². The number of rotatable bonds is 2. The molecule has 0 spiro atoms. The van der Waals surface area contributed by atoms with Gasteiger partial charge in [0.25, 0.3) is 0 Å². The summed E-state index contributed by atoms with van der Waals surface area (Å²) in [5.41, 5.74) is 2.32. The van der Waals surface area contributed by atoms with Crippen LogP contribution in [0.5, 0.6) is 0 Å². The monoisotopic (exact) mass is 176 g/mol. The molecule has 0 aromatic heterocycles. The predicted octanol–water partition coefficient (Wildman–Crippen LogP) is 2.71. The van der Waals surface area contributed by atoms with E-state index in [0.29, 0.717) is 0 Å². The maximum Gasteiger partial charge on any atom is 0.135 e. The van der Waals surface area contributed by atoms with Gasteiger partial charge in [0, 0.05) is 19.5 Å². The topological polar surface area (TPSA) is 15.6 Å². The fraction of sp³-hybridized carbons (Fsp3) is 0.364. The smallest absolute Gasteiger partial charge is 0.135 e. The van der Waals surface area contributed by atoms with E-state index in [4.69, 9.17) is 0 Å². The highest BCUT2D eigenvalue weighted by Gasteiger charge is 2.09. The largest absolute Gasteiger partial charge is 0.336 e. The van der Waals surface area contributed by atoms with E-state index in [2.05, 4.69) is 18.5 Å². The Morgan fingerprint density at radius 3 is 2.77 bits per heavy atom. The third-order valence-corrected chi connectivity index (χ3v) is 2.07. The Labute approximate surface area is 80.0 Å². The van der Waals surface area contributed by atoms with Crippen molar-refractivity contribution in [3.05, 3.63) is 35.8 Å². The van der Waals surface area contributed by atoms with Gasteiger partial charge in [-0.3, -0.25) is 0 Å². The van der Waals surface area contributed by atoms with Crippen molar-refractivity contribution >= 4 is 6.21 Å². The summed E-state index contributed by atoms with van der Waals surface area (Å²) in [6.07, 6.45) is 6.71. The van der Waals surface area contributed by atoms with Crippen molar-refractivity contribution in [1.29, 1.82) is 0 Å². The van der Waals surface area contributed by atoms with Crippen LogP contribution in [-0.2, 0) is 0 Å². The van der Waals surface area contributed by atoms with Crippen LogP contribution in [0.4, 0.5) is 0 Å². The molecule has 0 saturated carbocycles. The summed E-state index contributed by atoms with van der Waals surface area (Å²) in [5, 5.41) is 0. The quantitative estimate of drug-likeness (QED) is 0.631. The first kappa shape index (κ1) is 9.78. The number of allylic oxidation sites excluding steroid dienone is 3. The molecule has 2 heteroatoms. The van der Waals surface area contributed by atoms with Crippen molar-refractivity contribution in [2.45, 2.75) is 20.3 Å². The Bertz CT molecular complexity index is 295. The molecule has 0 N–H and O–H groups in total. The minimum absolute atomic E-state index is 0.972. The molecule has 1 aliphatic rings. The molecule has 0 bridgehead atoms. The molecule has 0 aromatic rings. The van der Waals surface area contributed by atoms with Gasteiger partial charge in [0.15, 0.2) is 0 Å². The van der Waals surface area contributed by atoms with Crippen LogP contribution in [0.25, 0.3) is 0 Å². The zero-order valence-electron chi connectivity index (χ0n) is 8.54. The number of hydrogen-bond donors (Lipinski definition) is 0. The summed E-state index contributed by atoms with van der Waals surface area (Å²) in [5.74, 6) is 1.01. The van der Waals surface area contributed by atoms with Gasteiger partial charge >= 0.3 is 0 Å². The second-order valence-electron chi connectivity index (χ2n) is 3.17. The van der Waals surface area contributed by atoms with Gasteiger partial charge in [-0.1, -0.05) is 19.1 Å². The van der Waals surface area contributed by atoms with Crippen LogP contribution in [-0.4, -0.2) is 18.2 Å². The normalized spacial score (nSPS) is 19.2. The standard InChI is InChI=1S/C11H16N2/c1-5-10(9(2)3)11-12-7-6-8-13(11)4/h6-8H,2,5H2,1,3-4H3/b11-10+. The summed E-state index contributed by atoms with van der Waals surface area (Å²) >= 11 is 0. The van der Waals surface area contributed by atoms with Gasteiger partial charge < -0.3 is 4.90 Å². The maximum atomic E-state index is 4.34. The second kappa shape index (κ2) is 4.08. The molecular weight excluding hydrogens is 160 g/mol. The SMILES string of the molecule is C=C(C)/C(CC)=C1\N=CC=CN1C. The lowest BCUT2D eigenvalue weighted by atomic mass is 10.1. The van der Waals surface area contributed by atoms with Crippen LogP contribution in [0.3, 0.4) is 0 Å². The molecule has 1 heterocycles. The maximum absolute atomic E-state index is 4.34.